The molecule has 2 nitrogen and oxygen atoms in total. The fourth-order valence-electron chi connectivity index (χ4n) is 2.69. The van der Waals surface area contributed by atoms with E-state index >= 15 is 0 Å². The Kier molecular flexibility index (Phi) is 3.62. The van der Waals surface area contributed by atoms with Crippen LogP contribution in [0.5, 0.6) is 0 Å². The van der Waals surface area contributed by atoms with Gasteiger partial charge in [0.05, 0.1) is 6.61 Å². The minimum absolute atomic E-state index is 0.459. The zero-order valence-electron chi connectivity index (χ0n) is 10.2. The van der Waals surface area contributed by atoms with E-state index in [0.717, 1.165) is 26.2 Å². The van der Waals surface area contributed by atoms with Crippen molar-refractivity contribution in [2.75, 3.05) is 19.8 Å². The standard InChI is InChI=1S/C14H21NO/c1-10-5-11(2)7-13(6-10)14(8-15)12-3-4-16-9-12/h5-7,12,14H,3-4,8-9,15H2,1-2H3. The summed E-state index contributed by atoms with van der Waals surface area (Å²) in [7, 11) is 0. The predicted octanol–water partition coefficient (Wildman–Crippen LogP) is 2.38. The van der Waals surface area contributed by atoms with Gasteiger partial charge in [-0.15, -0.1) is 0 Å². The van der Waals surface area contributed by atoms with Crippen molar-refractivity contribution in [3.8, 4) is 0 Å². The third-order valence-corrected chi connectivity index (χ3v) is 3.46. The van der Waals surface area contributed by atoms with Crippen LogP contribution >= 0.6 is 0 Å². The quantitative estimate of drug-likeness (QED) is 0.847. The van der Waals surface area contributed by atoms with Crippen LogP contribution in [0, 0.1) is 19.8 Å². The Bertz CT molecular complexity index is 336. The van der Waals surface area contributed by atoms with Gasteiger partial charge in [0.25, 0.3) is 0 Å². The molecule has 0 bridgehead atoms. The van der Waals surface area contributed by atoms with Crippen LogP contribution in [-0.2, 0) is 4.74 Å². The highest BCUT2D eigenvalue weighted by Gasteiger charge is 2.26. The van der Waals surface area contributed by atoms with E-state index in [2.05, 4.69) is 32.0 Å². The van der Waals surface area contributed by atoms with Gasteiger partial charge in [0.1, 0.15) is 0 Å². The molecule has 0 spiro atoms. The van der Waals surface area contributed by atoms with Crippen molar-refractivity contribution in [2.24, 2.45) is 11.7 Å². The predicted molar refractivity (Wildman–Crippen MR) is 66.6 cm³/mol. The monoisotopic (exact) mass is 219 g/mol. The van der Waals surface area contributed by atoms with E-state index in [1.165, 1.54) is 16.7 Å². The van der Waals surface area contributed by atoms with Gasteiger partial charge < -0.3 is 10.5 Å². The smallest absolute Gasteiger partial charge is 0.0501 e. The van der Waals surface area contributed by atoms with Crippen LogP contribution in [0.2, 0.25) is 0 Å². The molecule has 88 valence electrons. The molecule has 2 N–H and O–H groups in total. The van der Waals surface area contributed by atoms with Crippen LogP contribution in [0.1, 0.15) is 29.0 Å². The Balaban J connectivity index is 2.24. The van der Waals surface area contributed by atoms with Crippen molar-refractivity contribution in [3.63, 3.8) is 0 Å². The van der Waals surface area contributed by atoms with Crippen molar-refractivity contribution in [1.29, 1.82) is 0 Å². The number of hydrogen-bond donors (Lipinski definition) is 1. The molecule has 0 amide bonds. The molecule has 2 heteroatoms. The Morgan fingerprint density at radius 3 is 2.50 bits per heavy atom. The van der Waals surface area contributed by atoms with E-state index in [-0.39, 0.29) is 0 Å². The van der Waals surface area contributed by atoms with Crippen LogP contribution < -0.4 is 5.73 Å². The summed E-state index contributed by atoms with van der Waals surface area (Å²) in [6, 6.07) is 6.74. The molecule has 1 aromatic rings. The van der Waals surface area contributed by atoms with Gasteiger partial charge in [-0.05, 0) is 38.3 Å². The third kappa shape index (κ3) is 2.45. The van der Waals surface area contributed by atoms with E-state index in [0.29, 0.717) is 11.8 Å². The zero-order valence-corrected chi connectivity index (χ0v) is 10.2. The maximum atomic E-state index is 5.93. The van der Waals surface area contributed by atoms with Crippen molar-refractivity contribution >= 4 is 0 Å². The Labute approximate surface area is 97.8 Å². The molecule has 0 aromatic heterocycles. The first-order valence-corrected chi connectivity index (χ1v) is 6.06. The lowest BCUT2D eigenvalue weighted by Gasteiger charge is -2.22. The van der Waals surface area contributed by atoms with E-state index in [9.17, 15) is 0 Å². The van der Waals surface area contributed by atoms with Crippen LogP contribution in [0.4, 0.5) is 0 Å². The second-order valence-corrected chi connectivity index (χ2v) is 4.89. The Hall–Kier alpha value is -0.860. The van der Waals surface area contributed by atoms with Gasteiger partial charge >= 0.3 is 0 Å². The highest BCUT2D eigenvalue weighted by atomic mass is 16.5. The highest BCUT2D eigenvalue weighted by molar-refractivity contribution is 5.31. The first-order valence-electron chi connectivity index (χ1n) is 6.06. The molecule has 2 rings (SSSR count). The third-order valence-electron chi connectivity index (χ3n) is 3.46. The molecule has 1 heterocycles. The summed E-state index contributed by atoms with van der Waals surface area (Å²) >= 11 is 0. The van der Waals surface area contributed by atoms with Crippen molar-refractivity contribution in [1.82, 2.24) is 0 Å². The SMILES string of the molecule is Cc1cc(C)cc(C(CN)C2CCOC2)c1. The minimum atomic E-state index is 0.459. The van der Waals surface area contributed by atoms with E-state index < -0.39 is 0 Å². The van der Waals surface area contributed by atoms with Crippen molar-refractivity contribution in [2.45, 2.75) is 26.2 Å². The topological polar surface area (TPSA) is 35.2 Å². The lowest BCUT2D eigenvalue weighted by Crippen LogP contribution is -2.22. The van der Waals surface area contributed by atoms with Crippen LogP contribution in [0.15, 0.2) is 18.2 Å². The molecule has 2 unspecified atom stereocenters. The normalized spacial score (nSPS) is 22.3. The minimum Gasteiger partial charge on any atom is -0.381 e. The summed E-state index contributed by atoms with van der Waals surface area (Å²) in [5.74, 6) is 1.06. The number of aryl methyl sites for hydroxylation is 2. The van der Waals surface area contributed by atoms with Gasteiger partial charge in [-0.2, -0.15) is 0 Å². The second kappa shape index (κ2) is 4.98. The lowest BCUT2D eigenvalue weighted by molar-refractivity contribution is 0.181. The zero-order chi connectivity index (χ0) is 11.5. The first kappa shape index (κ1) is 11.6. The molecule has 2 atom stereocenters. The van der Waals surface area contributed by atoms with E-state index in [1.807, 2.05) is 0 Å². The van der Waals surface area contributed by atoms with Crippen molar-refractivity contribution in [3.05, 3.63) is 34.9 Å². The Morgan fingerprint density at radius 1 is 1.31 bits per heavy atom. The van der Waals surface area contributed by atoms with Gasteiger partial charge in [-0.25, -0.2) is 0 Å². The summed E-state index contributed by atoms with van der Waals surface area (Å²) < 4.78 is 5.47. The number of benzene rings is 1. The van der Waals surface area contributed by atoms with Gasteiger partial charge in [-0.1, -0.05) is 29.3 Å². The summed E-state index contributed by atoms with van der Waals surface area (Å²) in [4.78, 5) is 0. The second-order valence-electron chi connectivity index (χ2n) is 4.89. The van der Waals surface area contributed by atoms with E-state index in [1.54, 1.807) is 0 Å². The van der Waals surface area contributed by atoms with Crippen LogP contribution in [-0.4, -0.2) is 19.8 Å². The average molecular weight is 219 g/mol. The molecule has 16 heavy (non-hydrogen) atoms. The van der Waals surface area contributed by atoms with Gasteiger partial charge in [-0.3, -0.25) is 0 Å². The molecule has 1 saturated heterocycles. The largest absolute Gasteiger partial charge is 0.381 e. The summed E-state index contributed by atoms with van der Waals surface area (Å²) in [6.07, 6.45) is 1.15. The maximum Gasteiger partial charge on any atom is 0.0501 e. The van der Waals surface area contributed by atoms with Crippen LogP contribution in [0.3, 0.4) is 0 Å². The molecular weight excluding hydrogens is 198 g/mol. The Morgan fingerprint density at radius 2 is 2.00 bits per heavy atom. The molecule has 1 aliphatic heterocycles. The van der Waals surface area contributed by atoms with E-state index in [4.69, 9.17) is 10.5 Å². The number of rotatable bonds is 3. The van der Waals surface area contributed by atoms with Gasteiger partial charge in [0.2, 0.25) is 0 Å². The lowest BCUT2D eigenvalue weighted by atomic mass is 9.84. The van der Waals surface area contributed by atoms with Crippen LogP contribution in [0.25, 0.3) is 0 Å². The van der Waals surface area contributed by atoms with Crippen molar-refractivity contribution < 1.29 is 4.74 Å². The summed E-state index contributed by atoms with van der Waals surface area (Å²) in [5, 5.41) is 0. The fourth-order valence-corrected chi connectivity index (χ4v) is 2.69. The molecule has 1 aromatic carbocycles. The number of nitrogens with two attached hydrogens (primary N) is 1. The number of ether oxygens (including phenoxy) is 1. The highest BCUT2D eigenvalue weighted by Crippen LogP contribution is 2.31. The molecule has 1 aliphatic rings. The molecule has 0 radical (unpaired) electrons. The first-order chi connectivity index (χ1) is 7.70. The molecule has 0 saturated carbocycles. The molecule has 0 aliphatic carbocycles. The molecular formula is C14H21NO. The van der Waals surface area contributed by atoms with Gasteiger partial charge in [0.15, 0.2) is 0 Å². The maximum absolute atomic E-state index is 5.93. The molecule has 1 fully saturated rings. The van der Waals surface area contributed by atoms with Gasteiger partial charge in [0, 0.05) is 12.5 Å². The summed E-state index contributed by atoms with van der Waals surface area (Å²) in [5.41, 5.74) is 9.97. The number of hydrogen-bond acceptors (Lipinski definition) is 2. The fraction of sp³-hybridized carbons (Fsp3) is 0.571. The summed E-state index contributed by atoms with van der Waals surface area (Å²) in [6.45, 7) is 6.78. The average Bonchev–Trinajstić information content (AvgIpc) is 2.70.